The van der Waals surface area contributed by atoms with E-state index in [1.54, 1.807) is 24.3 Å². The van der Waals surface area contributed by atoms with Crippen molar-refractivity contribution in [3.63, 3.8) is 0 Å². The van der Waals surface area contributed by atoms with Crippen LogP contribution in [0.15, 0.2) is 46.9 Å². The molecule has 0 amide bonds. The van der Waals surface area contributed by atoms with Crippen LogP contribution in [-0.4, -0.2) is 9.91 Å². The van der Waals surface area contributed by atoms with Gasteiger partial charge in [0.1, 0.15) is 5.52 Å². The summed E-state index contributed by atoms with van der Waals surface area (Å²) in [5.74, 6) is 0.475. The van der Waals surface area contributed by atoms with E-state index in [1.165, 1.54) is 0 Å². The van der Waals surface area contributed by atoms with Gasteiger partial charge in [-0.25, -0.2) is 4.98 Å². The van der Waals surface area contributed by atoms with Crippen LogP contribution in [0.4, 0.5) is 5.69 Å². The molecule has 110 valence electrons. The number of nitro benzene ring substituents is 1. The Kier molecular flexibility index (Phi) is 3.70. The second-order valence-corrected chi connectivity index (χ2v) is 4.85. The molecule has 1 heterocycles. The van der Waals surface area contributed by atoms with Gasteiger partial charge in [0.25, 0.3) is 5.69 Å². The average molecular weight is 294 g/mol. The first-order valence-electron chi connectivity index (χ1n) is 6.98. The minimum atomic E-state index is -0.352. The molecule has 0 N–H and O–H groups in total. The molecule has 0 spiro atoms. The van der Waals surface area contributed by atoms with Crippen LogP contribution >= 0.6 is 0 Å². The minimum Gasteiger partial charge on any atom is -0.437 e. The second kappa shape index (κ2) is 5.81. The number of oxazole rings is 1. The lowest BCUT2D eigenvalue weighted by molar-refractivity contribution is -0.385. The van der Waals surface area contributed by atoms with E-state index in [0.717, 1.165) is 22.2 Å². The number of benzene rings is 2. The van der Waals surface area contributed by atoms with Gasteiger partial charge in [-0.2, -0.15) is 0 Å². The third-order valence-electron chi connectivity index (χ3n) is 3.42. The average Bonchev–Trinajstić information content (AvgIpc) is 2.95. The number of hydrogen-bond donors (Lipinski definition) is 0. The molecule has 1 aromatic heterocycles. The Morgan fingerprint density at radius 2 is 2.05 bits per heavy atom. The lowest BCUT2D eigenvalue weighted by atomic mass is 10.1. The van der Waals surface area contributed by atoms with Crippen LogP contribution in [-0.2, 0) is 6.42 Å². The number of fused-ring (bicyclic) bond motifs is 1. The van der Waals surface area contributed by atoms with Crippen molar-refractivity contribution in [2.24, 2.45) is 0 Å². The summed E-state index contributed by atoms with van der Waals surface area (Å²) in [5.41, 5.74) is 3.11. The van der Waals surface area contributed by atoms with Gasteiger partial charge in [0, 0.05) is 17.7 Å². The van der Waals surface area contributed by atoms with E-state index in [1.807, 2.05) is 37.3 Å². The lowest BCUT2D eigenvalue weighted by Crippen LogP contribution is -1.94. The van der Waals surface area contributed by atoms with Gasteiger partial charge in [-0.3, -0.25) is 10.1 Å². The molecule has 0 atom stereocenters. The fourth-order valence-corrected chi connectivity index (χ4v) is 2.28. The molecule has 5 nitrogen and oxygen atoms in total. The third-order valence-corrected chi connectivity index (χ3v) is 3.42. The van der Waals surface area contributed by atoms with Crippen molar-refractivity contribution in [2.45, 2.75) is 13.3 Å². The van der Waals surface area contributed by atoms with Crippen LogP contribution in [0.2, 0.25) is 0 Å². The maximum atomic E-state index is 11.1. The molecule has 22 heavy (non-hydrogen) atoms. The largest absolute Gasteiger partial charge is 0.437 e. The van der Waals surface area contributed by atoms with Gasteiger partial charge in [-0.05, 0) is 30.2 Å². The smallest absolute Gasteiger partial charge is 0.273 e. The predicted molar refractivity (Wildman–Crippen MR) is 85.4 cm³/mol. The van der Waals surface area contributed by atoms with Crippen LogP contribution in [0, 0.1) is 10.1 Å². The molecule has 5 heteroatoms. The highest BCUT2D eigenvalue weighted by molar-refractivity contribution is 5.76. The van der Waals surface area contributed by atoms with Gasteiger partial charge in [0.2, 0.25) is 5.89 Å². The SMILES string of the molecule is CCc1ccc(/C=C/c2nc3ccccc3o2)cc1[N+](=O)[O-]. The van der Waals surface area contributed by atoms with Crippen molar-refractivity contribution in [2.75, 3.05) is 0 Å². The number of para-hydroxylation sites is 2. The van der Waals surface area contributed by atoms with Crippen LogP contribution in [0.1, 0.15) is 23.9 Å². The van der Waals surface area contributed by atoms with Crippen molar-refractivity contribution in [1.29, 1.82) is 0 Å². The molecule has 3 rings (SSSR count). The molecule has 0 radical (unpaired) electrons. The normalized spacial score (nSPS) is 11.3. The first kappa shape index (κ1) is 14.0. The lowest BCUT2D eigenvalue weighted by Gasteiger charge is -2.00. The summed E-state index contributed by atoms with van der Waals surface area (Å²) in [6.07, 6.45) is 4.10. The molecule has 0 saturated carbocycles. The first-order chi connectivity index (χ1) is 10.7. The number of hydrogen-bond acceptors (Lipinski definition) is 4. The quantitative estimate of drug-likeness (QED) is 0.526. The predicted octanol–water partition coefficient (Wildman–Crippen LogP) is 4.47. The topological polar surface area (TPSA) is 69.2 Å². The summed E-state index contributed by atoms with van der Waals surface area (Å²) in [5, 5.41) is 11.1. The molecular formula is C17H14N2O3. The van der Waals surface area contributed by atoms with Crippen molar-refractivity contribution < 1.29 is 9.34 Å². The molecule has 0 bridgehead atoms. The molecule has 0 aliphatic heterocycles. The summed E-state index contributed by atoms with van der Waals surface area (Å²) in [7, 11) is 0. The van der Waals surface area contributed by atoms with E-state index in [2.05, 4.69) is 4.98 Å². The molecule has 0 aliphatic carbocycles. The molecule has 0 unspecified atom stereocenters. The van der Waals surface area contributed by atoms with Crippen molar-refractivity contribution in [3.8, 4) is 0 Å². The zero-order valence-electron chi connectivity index (χ0n) is 12.0. The highest BCUT2D eigenvalue weighted by Crippen LogP contribution is 2.22. The van der Waals surface area contributed by atoms with Crippen LogP contribution in [0.25, 0.3) is 23.3 Å². The zero-order valence-corrected chi connectivity index (χ0v) is 12.0. The van der Waals surface area contributed by atoms with E-state index in [9.17, 15) is 10.1 Å². The number of rotatable bonds is 4. The van der Waals surface area contributed by atoms with Gasteiger partial charge in [0.15, 0.2) is 5.58 Å². The first-order valence-corrected chi connectivity index (χ1v) is 6.98. The van der Waals surface area contributed by atoms with Gasteiger partial charge >= 0.3 is 0 Å². The Morgan fingerprint density at radius 1 is 1.23 bits per heavy atom. The van der Waals surface area contributed by atoms with Gasteiger partial charge in [0.05, 0.1) is 4.92 Å². The number of nitrogens with zero attached hydrogens (tertiary/aromatic N) is 2. The molecule has 0 fully saturated rings. The number of aryl methyl sites for hydroxylation is 1. The molecule has 0 saturated heterocycles. The zero-order chi connectivity index (χ0) is 15.5. The number of nitro groups is 1. The Balaban J connectivity index is 1.91. The highest BCUT2D eigenvalue weighted by atomic mass is 16.6. The van der Waals surface area contributed by atoms with Crippen LogP contribution in [0.5, 0.6) is 0 Å². The van der Waals surface area contributed by atoms with Crippen molar-refractivity contribution >= 4 is 28.9 Å². The maximum absolute atomic E-state index is 11.1. The summed E-state index contributed by atoms with van der Waals surface area (Å²) < 4.78 is 5.58. The van der Waals surface area contributed by atoms with Gasteiger partial charge in [-0.15, -0.1) is 0 Å². The summed E-state index contributed by atoms with van der Waals surface area (Å²) in [6.45, 7) is 1.90. The fourth-order valence-electron chi connectivity index (χ4n) is 2.28. The second-order valence-electron chi connectivity index (χ2n) is 4.85. The van der Waals surface area contributed by atoms with Crippen molar-refractivity contribution in [1.82, 2.24) is 4.98 Å². The Bertz CT molecular complexity index is 832. The van der Waals surface area contributed by atoms with E-state index in [0.29, 0.717) is 12.3 Å². The highest BCUT2D eigenvalue weighted by Gasteiger charge is 2.12. The Morgan fingerprint density at radius 3 is 2.77 bits per heavy atom. The van der Waals surface area contributed by atoms with Crippen LogP contribution in [0.3, 0.4) is 0 Å². The van der Waals surface area contributed by atoms with Gasteiger partial charge < -0.3 is 4.42 Å². The Hall–Kier alpha value is -2.95. The minimum absolute atomic E-state index is 0.141. The van der Waals surface area contributed by atoms with E-state index >= 15 is 0 Å². The fraction of sp³-hybridized carbons (Fsp3) is 0.118. The monoisotopic (exact) mass is 294 g/mol. The van der Waals surface area contributed by atoms with Gasteiger partial charge in [-0.1, -0.05) is 31.2 Å². The summed E-state index contributed by atoms with van der Waals surface area (Å²) in [4.78, 5) is 15.1. The Labute approximate surface area is 127 Å². The maximum Gasteiger partial charge on any atom is 0.273 e. The summed E-state index contributed by atoms with van der Waals surface area (Å²) >= 11 is 0. The summed E-state index contributed by atoms with van der Waals surface area (Å²) in [6, 6.07) is 12.7. The molecule has 0 aliphatic rings. The molecular weight excluding hydrogens is 280 g/mol. The molecule has 2 aromatic carbocycles. The third kappa shape index (κ3) is 2.74. The van der Waals surface area contributed by atoms with E-state index in [-0.39, 0.29) is 10.6 Å². The van der Waals surface area contributed by atoms with E-state index < -0.39 is 0 Å². The standard InChI is InChI=1S/C17H14N2O3/c1-2-13-9-7-12(11-15(13)19(20)21)8-10-17-18-14-5-3-4-6-16(14)22-17/h3-11H,2H2,1H3/b10-8+. The molecule has 3 aromatic rings. The van der Waals surface area contributed by atoms with Crippen molar-refractivity contribution in [3.05, 3.63) is 69.6 Å². The van der Waals surface area contributed by atoms with E-state index in [4.69, 9.17) is 4.42 Å². The number of aromatic nitrogens is 1. The van der Waals surface area contributed by atoms with Crippen LogP contribution < -0.4 is 0 Å².